The maximum Gasteiger partial charge on any atom is 0.251 e. The lowest BCUT2D eigenvalue weighted by molar-refractivity contribution is 0.0853. The number of aromatic nitrogens is 3. The number of Topliss-reactive ketones (excluding diaryl/α,β-unsaturated/α-hetero) is 1. The number of fused-ring (bicyclic) bond motifs is 2. The van der Waals surface area contributed by atoms with Crippen molar-refractivity contribution in [2.75, 3.05) is 50.0 Å². The second-order valence-electron chi connectivity index (χ2n) is 9.82. The molecule has 2 aromatic heterocycles. The number of hydrogen-bond acceptors (Lipinski definition) is 7. The lowest BCUT2D eigenvalue weighted by atomic mass is 9.96. The summed E-state index contributed by atoms with van der Waals surface area (Å²) in [6.07, 6.45) is 3.64. The van der Waals surface area contributed by atoms with Gasteiger partial charge in [-0.2, -0.15) is 5.10 Å². The number of benzene rings is 1. The van der Waals surface area contributed by atoms with Crippen LogP contribution in [0, 0.1) is 0 Å². The number of halogens is 2. The highest BCUT2D eigenvalue weighted by Gasteiger charge is 2.33. The van der Waals surface area contributed by atoms with Gasteiger partial charge < -0.3 is 15.0 Å². The van der Waals surface area contributed by atoms with Crippen LogP contribution in [0.25, 0.3) is 5.65 Å². The highest BCUT2D eigenvalue weighted by atomic mass is 19.3. The van der Waals surface area contributed by atoms with Crippen LogP contribution in [0.3, 0.4) is 0 Å². The third-order valence-corrected chi connectivity index (χ3v) is 6.67. The van der Waals surface area contributed by atoms with Crippen molar-refractivity contribution in [2.45, 2.75) is 38.7 Å². The van der Waals surface area contributed by atoms with E-state index in [4.69, 9.17) is 4.74 Å². The summed E-state index contributed by atoms with van der Waals surface area (Å²) in [6.45, 7) is 6.20. The summed E-state index contributed by atoms with van der Waals surface area (Å²) in [5.41, 5.74) is 4.38. The van der Waals surface area contributed by atoms with E-state index in [9.17, 15) is 13.6 Å². The molecule has 0 amide bonds. The molecule has 0 bridgehead atoms. The van der Waals surface area contributed by atoms with E-state index < -0.39 is 6.43 Å². The lowest BCUT2D eigenvalue weighted by Crippen LogP contribution is -2.48. The lowest BCUT2D eigenvalue weighted by Gasteiger charge is -2.37. The number of rotatable bonds is 7. The zero-order valence-electron chi connectivity index (χ0n) is 20.2. The minimum atomic E-state index is -2.34. The predicted octanol–water partition coefficient (Wildman–Crippen LogP) is 3.30. The average Bonchev–Trinajstić information content (AvgIpc) is 3.37. The largest absolute Gasteiger partial charge is 0.487 e. The van der Waals surface area contributed by atoms with Gasteiger partial charge in [-0.3, -0.25) is 9.69 Å². The fourth-order valence-electron chi connectivity index (χ4n) is 4.96. The van der Waals surface area contributed by atoms with E-state index in [-0.39, 0.29) is 24.3 Å². The number of carbonyl (C=O) groups excluding carboxylic acids is 1. The first-order valence-corrected chi connectivity index (χ1v) is 11.9. The summed E-state index contributed by atoms with van der Waals surface area (Å²) in [5.74, 6) is 0.758. The van der Waals surface area contributed by atoms with E-state index in [1.54, 1.807) is 35.1 Å². The first-order valence-electron chi connectivity index (χ1n) is 11.9. The van der Waals surface area contributed by atoms with Gasteiger partial charge in [-0.1, -0.05) is 0 Å². The Morgan fingerprint density at radius 1 is 1.20 bits per heavy atom. The molecule has 35 heavy (non-hydrogen) atoms. The number of ketones is 1. The third kappa shape index (κ3) is 4.80. The predicted molar refractivity (Wildman–Crippen MR) is 130 cm³/mol. The molecule has 1 fully saturated rings. The average molecular weight is 485 g/mol. The van der Waals surface area contributed by atoms with Gasteiger partial charge in [-0.15, -0.1) is 0 Å². The number of carbonyl (C=O) groups is 1. The van der Waals surface area contributed by atoms with Crippen LogP contribution in [0.4, 0.5) is 20.2 Å². The maximum atomic E-state index is 13.4. The fourth-order valence-corrected chi connectivity index (χ4v) is 4.96. The van der Waals surface area contributed by atoms with Crippen molar-refractivity contribution in [1.29, 1.82) is 0 Å². The van der Waals surface area contributed by atoms with E-state index in [2.05, 4.69) is 26.4 Å². The van der Waals surface area contributed by atoms with Crippen molar-refractivity contribution in [1.82, 2.24) is 19.5 Å². The first kappa shape index (κ1) is 23.5. The smallest absolute Gasteiger partial charge is 0.251 e. The van der Waals surface area contributed by atoms with Gasteiger partial charge in [0, 0.05) is 57.8 Å². The molecule has 0 radical (unpaired) electrons. The van der Waals surface area contributed by atoms with Crippen LogP contribution in [0.5, 0.6) is 5.75 Å². The molecule has 1 aromatic carbocycles. The number of alkyl halides is 2. The summed E-state index contributed by atoms with van der Waals surface area (Å²) >= 11 is 0. The zero-order valence-corrected chi connectivity index (χ0v) is 20.2. The van der Waals surface area contributed by atoms with E-state index in [1.807, 2.05) is 19.9 Å². The summed E-state index contributed by atoms with van der Waals surface area (Å²) in [7, 11) is 1.80. The summed E-state index contributed by atoms with van der Waals surface area (Å²) in [6, 6.07) is 4.09. The maximum absolute atomic E-state index is 13.4. The molecule has 0 spiro atoms. The van der Waals surface area contributed by atoms with Crippen molar-refractivity contribution >= 4 is 22.8 Å². The monoisotopic (exact) mass is 484 g/mol. The van der Waals surface area contributed by atoms with Gasteiger partial charge in [0.15, 0.2) is 11.4 Å². The number of anilines is 2. The van der Waals surface area contributed by atoms with Gasteiger partial charge in [0.05, 0.1) is 36.4 Å². The molecule has 0 unspecified atom stereocenters. The molecule has 8 nitrogen and oxygen atoms in total. The third-order valence-electron chi connectivity index (χ3n) is 6.67. The Balaban J connectivity index is 1.44. The quantitative estimate of drug-likeness (QED) is 0.516. The van der Waals surface area contributed by atoms with Gasteiger partial charge in [-0.05, 0) is 31.0 Å². The summed E-state index contributed by atoms with van der Waals surface area (Å²) < 4.78 is 33.4. The van der Waals surface area contributed by atoms with Gasteiger partial charge in [0.2, 0.25) is 0 Å². The number of nitrogens with zero attached hydrogens (tertiary/aromatic N) is 5. The minimum absolute atomic E-state index is 0.0691. The second kappa shape index (κ2) is 9.07. The van der Waals surface area contributed by atoms with Gasteiger partial charge in [0.25, 0.3) is 6.43 Å². The van der Waals surface area contributed by atoms with Crippen molar-refractivity contribution in [3.8, 4) is 5.75 Å². The fraction of sp³-hybridized carbons (Fsp3) is 0.480. The van der Waals surface area contributed by atoms with E-state index in [0.29, 0.717) is 37.4 Å². The van der Waals surface area contributed by atoms with E-state index in [1.165, 1.54) is 0 Å². The molecule has 3 aromatic rings. The minimum Gasteiger partial charge on any atom is -0.487 e. The van der Waals surface area contributed by atoms with E-state index in [0.717, 1.165) is 34.7 Å². The molecule has 2 aliphatic heterocycles. The summed E-state index contributed by atoms with van der Waals surface area (Å²) in [5, 5.41) is 7.32. The highest BCUT2D eigenvalue weighted by molar-refractivity contribution is 6.03. The molecular weight excluding hydrogens is 454 g/mol. The van der Waals surface area contributed by atoms with Crippen LogP contribution in [0.1, 0.15) is 35.3 Å². The molecule has 1 saturated heterocycles. The Hall–Kier alpha value is -3.27. The van der Waals surface area contributed by atoms with Gasteiger partial charge in [-0.25, -0.2) is 18.3 Å². The topological polar surface area (TPSA) is 75.0 Å². The SMILES string of the molecule is CNc1cnc2c(C(=O)Cc3cc4c(cc3N3CCN(CC(F)F)CC3)OC(C)(C)C4)cnn2c1. The number of piperazine rings is 1. The Morgan fingerprint density at radius 2 is 1.97 bits per heavy atom. The van der Waals surface area contributed by atoms with Crippen molar-refractivity contribution in [3.05, 3.63) is 47.4 Å². The van der Waals surface area contributed by atoms with Crippen LogP contribution in [0.15, 0.2) is 30.7 Å². The van der Waals surface area contributed by atoms with Crippen LogP contribution in [-0.4, -0.2) is 77.1 Å². The van der Waals surface area contributed by atoms with Crippen molar-refractivity contribution in [3.63, 3.8) is 0 Å². The summed E-state index contributed by atoms with van der Waals surface area (Å²) in [4.78, 5) is 21.8. The van der Waals surface area contributed by atoms with Crippen LogP contribution in [0.2, 0.25) is 0 Å². The Kier molecular flexibility index (Phi) is 6.08. The molecule has 0 aliphatic carbocycles. The number of ether oxygens (including phenoxy) is 1. The molecule has 5 rings (SSSR count). The van der Waals surface area contributed by atoms with Gasteiger partial charge in [0.1, 0.15) is 11.4 Å². The molecule has 0 atom stereocenters. The normalized spacial score (nSPS) is 17.6. The molecule has 1 N–H and O–H groups in total. The molecule has 186 valence electrons. The zero-order chi connectivity index (χ0) is 24.7. The van der Waals surface area contributed by atoms with Crippen molar-refractivity contribution in [2.24, 2.45) is 0 Å². The van der Waals surface area contributed by atoms with Crippen molar-refractivity contribution < 1.29 is 18.3 Å². The first-order chi connectivity index (χ1) is 16.7. The van der Waals surface area contributed by atoms with E-state index >= 15 is 0 Å². The highest BCUT2D eigenvalue weighted by Crippen LogP contribution is 2.40. The second-order valence-corrected chi connectivity index (χ2v) is 9.82. The van der Waals surface area contributed by atoms with Crippen LogP contribution in [-0.2, 0) is 12.8 Å². The number of hydrogen-bond donors (Lipinski definition) is 1. The Labute approximate surface area is 202 Å². The van der Waals surface area contributed by atoms with Gasteiger partial charge >= 0.3 is 0 Å². The number of nitrogens with one attached hydrogen (secondary N) is 1. The molecule has 10 heteroatoms. The Bertz CT molecular complexity index is 1250. The molecule has 2 aliphatic rings. The molecular formula is C25H30F2N6O2. The Morgan fingerprint density at radius 3 is 2.69 bits per heavy atom. The van der Waals surface area contributed by atoms with Crippen LogP contribution < -0.4 is 15.0 Å². The van der Waals surface area contributed by atoms with Crippen LogP contribution >= 0.6 is 0 Å². The molecule has 4 heterocycles. The molecule has 0 saturated carbocycles. The standard InChI is InChI=1S/C25H30F2N6O2/c1-25(2)11-17-8-16(9-21(34)19-13-30-33-14-18(28-3)12-29-24(19)33)20(10-22(17)35-25)32-6-4-31(5-7-32)15-23(26)27/h8,10,12-14,23,28H,4-7,9,11,15H2,1-3H3.